The van der Waals surface area contributed by atoms with E-state index in [9.17, 15) is 4.79 Å². The van der Waals surface area contributed by atoms with Gasteiger partial charge in [0.15, 0.2) is 0 Å². The molecule has 2 heterocycles. The van der Waals surface area contributed by atoms with Crippen LogP contribution in [0, 0.1) is 0 Å². The fourth-order valence-electron chi connectivity index (χ4n) is 2.15. The SMILES string of the molecule is CCNc1nc(OCC)nc(N2CCNC(=O)C2(C)C)n1. The van der Waals surface area contributed by atoms with Crippen molar-refractivity contribution in [3.8, 4) is 6.01 Å². The molecule has 1 amide bonds. The third-order valence-corrected chi connectivity index (χ3v) is 3.30. The lowest BCUT2D eigenvalue weighted by molar-refractivity contribution is -0.126. The Morgan fingerprint density at radius 3 is 2.76 bits per heavy atom. The van der Waals surface area contributed by atoms with Gasteiger partial charge in [-0.3, -0.25) is 4.79 Å². The van der Waals surface area contributed by atoms with E-state index in [0.717, 1.165) is 0 Å². The van der Waals surface area contributed by atoms with E-state index in [-0.39, 0.29) is 11.9 Å². The Labute approximate surface area is 124 Å². The first-order valence-electron chi connectivity index (χ1n) is 7.17. The topological polar surface area (TPSA) is 92.3 Å². The van der Waals surface area contributed by atoms with Crippen LogP contribution in [0.5, 0.6) is 6.01 Å². The summed E-state index contributed by atoms with van der Waals surface area (Å²) in [7, 11) is 0. The van der Waals surface area contributed by atoms with Gasteiger partial charge in [0.25, 0.3) is 0 Å². The normalized spacial score (nSPS) is 17.3. The summed E-state index contributed by atoms with van der Waals surface area (Å²) in [6.45, 7) is 9.89. The number of hydrogen-bond acceptors (Lipinski definition) is 7. The maximum atomic E-state index is 12.1. The molecule has 1 aromatic heterocycles. The average molecular weight is 294 g/mol. The molecule has 0 aromatic carbocycles. The first-order valence-corrected chi connectivity index (χ1v) is 7.17. The zero-order valence-corrected chi connectivity index (χ0v) is 12.9. The second-order valence-electron chi connectivity index (χ2n) is 5.17. The highest BCUT2D eigenvalue weighted by Gasteiger charge is 2.39. The third-order valence-electron chi connectivity index (χ3n) is 3.30. The minimum Gasteiger partial charge on any atom is -0.464 e. The lowest BCUT2D eigenvalue weighted by Gasteiger charge is -2.41. The van der Waals surface area contributed by atoms with Crippen LogP contribution in [-0.4, -0.2) is 52.6 Å². The zero-order valence-electron chi connectivity index (χ0n) is 12.9. The number of carbonyl (C=O) groups is 1. The highest BCUT2D eigenvalue weighted by Crippen LogP contribution is 2.25. The van der Waals surface area contributed by atoms with Gasteiger partial charge >= 0.3 is 6.01 Å². The standard InChI is InChI=1S/C13H22N6O2/c1-5-14-10-16-11(18-12(17-10)21-6-2)19-8-7-15-9(20)13(19,3)4/h5-8H2,1-4H3,(H,15,20)(H,14,16,17,18). The quantitative estimate of drug-likeness (QED) is 0.813. The van der Waals surface area contributed by atoms with Gasteiger partial charge in [-0.25, -0.2) is 0 Å². The van der Waals surface area contributed by atoms with Gasteiger partial charge in [0.2, 0.25) is 17.8 Å². The molecule has 0 radical (unpaired) electrons. The van der Waals surface area contributed by atoms with Crippen molar-refractivity contribution in [1.29, 1.82) is 0 Å². The molecule has 21 heavy (non-hydrogen) atoms. The number of rotatable bonds is 5. The predicted molar refractivity (Wildman–Crippen MR) is 79.6 cm³/mol. The first-order chi connectivity index (χ1) is 9.98. The van der Waals surface area contributed by atoms with Crippen molar-refractivity contribution in [3.05, 3.63) is 0 Å². The predicted octanol–water partition coefficient (Wildman–Crippen LogP) is 0.417. The molecule has 1 aliphatic rings. The summed E-state index contributed by atoms with van der Waals surface area (Å²) in [5.41, 5.74) is -0.716. The van der Waals surface area contributed by atoms with Gasteiger partial charge in [0, 0.05) is 19.6 Å². The Balaban J connectivity index is 2.38. The van der Waals surface area contributed by atoms with E-state index in [1.54, 1.807) is 0 Å². The summed E-state index contributed by atoms with van der Waals surface area (Å²) in [5, 5.41) is 5.91. The Morgan fingerprint density at radius 1 is 1.33 bits per heavy atom. The van der Waals surface area contributed by atoms with E-state index >= 15 is 0 Å². The van der Waals surface area contributed by atoms with Crippen molar-refractivity contribution >= 4 is 17.8 Å². The van der Waals surface area contributed by atoms with Gasteiger partial charge in [0.05, 0.1) is 6.61 Å². The Hall–Kier alpha value is -2.12. The van der Waals surface area contributed by atoms with Gasteiger partial charge < -0.3 is 20.3 Å². The van der Waals surface area contributed by atoms with Gasteiger partial charge in [0.1, 0.15) is 5.54 Å². The van der Waals surface area contributed by atoms with Crippen molar-refractivity contribution < 1.29 is 9.53 Å². The summed E-state index contributed by atoms with van der Waals surface area (Å²) in [5.74, 6) is 0.856. The van der Waals surface area contributed by atoms with E-state index in [1.165, 1.54) is 0 Å². The number of amides is 1. The van der Waals surface area contributed by atoms with Crippen LogP contribution in [0.3, 0.4) is 0 Å². The fourth-order valence-corrected chi connectivity index (χ4v) is 2.15. The Morgan fingerprint density at radius 2 is 2.10 bits per heavy atom. The molecule has 8 nitrogen and oxygen atoms in total. The summed E-state index contributed by atoms with van der Waals surface area (Å²) < 4.78 is 5.39. The number of nitrogens with one attached hydrogen (secondary N) is 2. The summed E-state index contributed by atoms with van der Waals surface area (Å²) >= 11 is 0. The number of ether oxygens (including phenoxy) is 1. The summed E-state index contributed by atoms with van der Waals surface area (Å²) in [6.07, 6.45) is 0. The van der Waals surface area contributed by atoms with Crippen LogP contribution in [0.2, 0.25) is 0 Å². The molecule has 0 unspecified atom stereocenters. The number of nitrogens with zero attached hydrogens (tertiary/aromatic N) is 4. The smallest absolute Gasteiger partial charge is 0.323 e. The van der Waals surface area contributed by atoms with Gasteiger partial charge in [-0.2, -0.15) is 15.0 Å². The lowest BCUT2D eigenvalue weighted by atomic mass is 10.00. The van der Waals surface area contributed by atoms with Crippen molar-refractivity contribution in [2.24, 2.45) is 0 Å². The third kappa shape index (κ3) is 3.14. The molecule has 1 aromatic rings. The number of piperazine rings is 1. The molecular weight excluding hydrogens is 272 g/mol. The van der Waals surface area contributed by atoms with Crippen LogP contribution in [0.15, 0.2) is 0 Å². The lowest BCUT2D eigenvalue weighted by Crippen LogP contribution is -2.62. The van der Waals surface area contributed by atoms with Crippen LogP contribution in [0.25, 0.3) is 0 Å². The molecule has 1 saturated heterocycles. The van der Waals surface area contributed by atoms with Crippen LogP contribution in [-0.2, 0) is 4.79 Å². The number of aromatic nitrogens is 3. The number of anilines is 2. The van der Waals surface area contributed by atoms with Gasteiger partial charge in [-0.05, 0) is 27.7 Å². The van der Waals surface area contributed by atoms with E-state index < -0.39 is 5.54 Å². The molecule has 0 atom stereocenters. The Kier molecular flexibility index (Phi) is 4.44. The first kappa shape index (κ1) is 15.3. The average Bonchev–Trinajstić information content (AvgIpc) is 2.42. The molecule has 0 aliphatic carbocycles. The van der Waals surface area contributed by atoms with Crippen molar-refractivity contribution in [3.63, 3.8) is 0 Å². The maximum Gasteiger partial charge on any atom is 0.323 e. The second-order valence-corrected chi connectivity index (χ2v) is 5.17. The highest BCUT2D eigenvalue weighted by atomic mass is 16.5. The van der Waals surface area contributed by atoms with Crippen LogP contribution in [0.4, 0.5) is 11.9 Å². The van der Waals surface area contributed by atoms with E-state index in [4.69, 9.17) is 4.74 Å². The molecule has 116 valence electrons. The fraction of sp³-hybridized carbons (Fsp3) is 0.692. The minimum absolute atomic E-state index is 0.0443. The molecule has 0 spiro atoms. The molecule has 1 fully saturated rings. The molecule has 0 saturated carbocycles. The van der Waals surface area contributed by atoms with Crippen molar-refractivity contribution in [2.45, 2.75) is 33.2 Å². The Bertz CT molecular complexity index is 495. The molecule has 2 rings (SSSR count). The van der Waals surface area contributed by atoms with Gasteiger partial charge in [-0.1, -0.05) is 0 Å². The van der Waals surface area contributed by atoms with Gasteiger partial charge in [-0.15, -0.1) is 0 Å². The number of carbonyl (C=O) groups excluding carboxylic acids is 1. The van der Waals surface area contributed by atoms with E-state index in [2.05, 4.69) is 25.6 Å². The molecule has 1 aliphatic heterocycles. The van der Waals surface area contributed by atoms with Crippen LogP contribution >= 0.6 is 0 Å². The highest BCUT2D eigenvalue weighted by molar-refractivity contribution is 5.89. The second kappa shape index (κ2) is 6.11. The van der Waals surface area contributed by atoms with E-state index in [0.29, 0.717) is 38.1 Å². The molecular formula is C13H22N6O2. The van der Waals surface area contributed by atoms with Crippen molar-refractivity contribution in [2.75, 3.05) is 36.5 Å². The largest absolute Gasteiger partial charge is 0.464 e. The summed E-state index contributed by atoms with van der Waals surface area (Å²) in [6, 6.07) is 0.264. The minimum atomic E-state index is -0.716. The zero-order chi connectivity index (χ0) is 15.5. The summed E-state index contributed by atoms with van der Waals surface area (Å²) in [4.78, 5) is 26.8. The molecule has 2 N–H and O–H groups in total. The van der Waals surface area contributed by atoms with Crippen LogP contribution < -0.4 is 20.3 Å². The van der Waals surface area contributed by atoms with Crippen LogP contribution in [0.1, 0.15) is 27.7 Å². The molecule has 8 heteroatoms. The number of hydrogen-bond donors (Lipinski definition) is 2. The van der Waals surface area contributed by atoms with Crippen molar-refractivity contribution in [1.82, 2.24) is 20.3 Å². The monoisotopic (exact) mass is 294 g/mol. The maximum absolute atomic E-state index is 12.1. The molecule has 0 bridgehead atoms. The van der Waals surface area contributed by atoms with E-state index in [1.807, 2.05) is 32.6 Å².